The Hall–Kier alpha value is -0.550. The molecule has 0 unspecified atom stereocenters. The third kappa shape index (κ3) is 11.2. The highest BCUT2D eigenvalue weighted by molar-refractivity contribution is 7.96. The Morgan fingerprint density at radius 3 is 1.89 bits per heavy atom. The van der Waals surface area contributed by atoms with Crippen LogP contribution in [0.15, 0.2) is 0 Å². The quantitative estimate of drug-likeness (QED) is 0.511. The van der Waals surface area contributed by atoms with Crippen molar-refractivity contribution < 1.29 is 14.7 Å². The molecule has 0 fully saturated rings. The molecule has 0 aliphatic carbocycles. The predicted octanol–water partition coefficient (Wildman–Crippen LogP) is 0.470. The first kappa shape index (κ1) is 11.3. The lowest BCUT2D eigenvalue weighted by molar-refractivity contribution is -0.137. The predicted molar refractivity (Wildman–Crippen MR) is 35.9 cm³/mol. The standard InChI is InChI=1S/C4H6O3S.H3N/c5-3(6)1-2-4(7)8;/h1-2H2,(H,5,6)(H,7,8);1H3. The molecule has 0 rings (SSSR count). The molecule has 0 heterocycles. The molecule has 0 radical (unpaired) electrons. The molecule has 9 heavy (non-hydrogen) atoms. The smallest absolute Gasteiger partial charge is 0.303 e. The van der Waals surface area contributed by atoms with Crippen LogP contribution in [0.25, 0.3) is 0 Å². The number of rotatable bonds is 3. The lowest BCUT2D eigenvalue weighted by Crippen LogP contribution is -1.96. The van der Waals surface area contributed by atoms with Gasteiger partial charge in [0, 0.05) is 6.42 Å². The highest BCUT2D eigenvalue weighted by Crippen LogP contribution is 1.92. The Balaban J connectivity index is 0. The molecule has 0 atom stereocenters. The summed E-state index contributed by atoms with van der Waals surface area (Å²) in [5.41, 5.74) is 0. The van der Waals surface area contributed by atoms with Crippen LogP contribution in [0, 0.1) is 0 Å². The van der Waals surface area contributed by atoms with Gasteiger partial charge in [0.15, 0.2) is 5.12 Å². The number of carbonyl (C=O) groups is 2. The van der Waals surface area contributed by atoms with Crippen molar-refractivity contribution in [2.45, 2.75) is 12.8 Å². The molecule has 0 saturated carbocycles. The number of carbonyl (C=O) groups excluding carboxylic acids is 1. The van der Waals surface area contributed by atoms with E-state index in [4.69, 9.17) is 5.11 Å². The molecule has 0 aromatic carbocycles. The third-order valence-electron chi connectivity index (χ3n) is 0.553. The summed E-state index contributed by atoms with van der Waals surface area (Å²) in [6.45, 7) is 0. The van der Waals surface area contributed by atoms with E-state index in [0.717, 1.165) is 0 Å². The summed E-state index contributed by atoms with van der Waals surface area (Å²) >= 11 is 3.37. The third-order valence-corrected chi connectivity index (χ3v) is 0.776. The summed E-state index contributed by atoms with van der Waals surface area (Å²) in [4.78, 5) is 19.7. The van der Waals surface area contributed by atoms with E-state index in [1.54, 1.807) is 0 Å². The molecule has 0 saturated heterocycles. The fourth-order valence-corrected chi connectivity index (χ4v) is 0.326. The van der Waals surface area contributed by atoms with Crippen LogP contribution in [-0.4, -0.2) is 16.2 Å². The number of aliphatic carboxylic acids is 1. The van der Waals surface area contributed by atoms with Crippen LogP contribution in [0.2, 0.25) is 0 Å². The monoisotopic (exact) mass is 151 g/mol. The van der Waals surface area contributed by atoms with Gasteiger partial charge in [-0.15, -0.1) is 12.6 Å². The molecular formula is C4H9NO3S. The Kier molecular flexibility index (Phi) is 6.99. The van der Waals surface area contributed by atoms with Gasteiger partial charge in [0.05, 0.1) is 6.42 Å². The molecule has 0 spiro atoms. The summed E-state index contributed by atoms with van der Waals surface area (Å²) < 4.78 is 0. The van der Waals surface area contributed by atoms with E-state index in [0.29, 0.717) is 0 Å². The van der Waals surface area contributed by atoms with Crippen molar-refractivity contribution in [3.63, 3.8) is 0 Å². The molecule has 0 aromatic heterocycles. The fourth-order valence-electron chi connectivity index (χ4n) is 0.214. The van der Waals surface area contributed by atoms with Gasteiger partial charge in [-0.2, -0.15) is 0 Å². The van der Waals surface area contributed by atoms with Crippen molar-refractivity contribution in [2.24, 2.45) is 0 Å². The van der Waals surface area contributed by atoms with Crippen molar-refractivity contribution in [1.29, 1.82) is 0 Å². The Morgan fingerprint density at radius 2 is 1.78 bits per heavy atom. The molecule has 0 bridgehead atoms. The van der Waals surface area contributed by atoms with E-state index in [9.17, 15) is 9.59 Å². The summed E-state index contributed by atoms with van der Waals surface area (Å²) in [5.74, 6) is -0.965. The maximum atomic E-state index is 9.95. The minimum Gasteiger partial charge on any atom is -0.481 e. The zero-order valence-corrected chi connectivity index (χ0v) is 5.73. The van der Waals surface area contributed by atoms with Gasteiger partial charge >= 0.3 is 5.97 Å². The van der Waals surface area contributed by atoms with Crippen LogP contribution < -0.4 is 6.15 Å². The second-order valence-corrected chi connectivity index (χ2v) is 1.79. The molecule has 4 nitrogen and oxygen atoms in total. The van der Waals surface area contributed by atoms with E-state index >= 15 is 0 Å². The van der Waals surface area contributed by atoms with Gasteiger partial charge in [-0.25, -0.2) is 0 Å². The van der Waals surface area contributed by atoms with Crippen molar-refractivity contribution in [3.8, 4) is 0 Å². The summed E-state index contributed by atoms with van der Waals surface area (Å²) in [6, 6.07) is 0. The first-order chi connectivity index (χ1) is 3.63. The Bertz CT molecular complexity index is 100. The van der Waals surface area contributed by atoms with Crippen LogP contribution >= 0.6 is 12.6 Å². The average Bonchev–Trinajstić information content (AvgIpc) is 1.61. The van der Waals surface area contributed by atoms with Crippen molar-refractivity contribution in [2.75, 3.05) is 0 Å². The second-order valence-electron chi connectivity index (χ2n) is 1.29. The minimum absolute atomic E-state index is 0. The van der Waals surface area contributed by atoms with Gasteiger partial charge in [-0.05, 0) is 0 Å². The molecule has 5 heteroatoms. The fraction of sp³-hybridized carbons (Fsp3) is 0.500. The summed E-state index contributed by atoms with van der Waals surface area (Å²) in [6.07, 6.45) is -0.110. The first-order valence-electron chi connectivity index (χ1n) is 2.06. The second kappa shape index (κ2) is 5.58. The zero-order chi connectivity index (χ0) is 6.57. The Labute approximate surface area is 58.2 Å². The number of hydrogen-bond acceptors (Lipinski definition) is 3. The van der Waals surface area contributed by atoms with Gasteiger partial charge in [0.1, 0.15) is 0 Å². The lowest BCUT2D eigenvalue weighted by Gasteiger charge is -1.85. The molecule has 54 valence electrons. The highest BCUT2D eigenvalue weighted by atomic mass is 32.1. The molecule has 0 aliphatic heterocycles. The van der Waals surface area contributed by atoms with Crippen LogP contribution in [0.3, 0.4) is 0 Å². The maximum absolute atomic E-state index is 9.95. The summed E-state index contributed by atoms with van der Waals surface area (Å²) in [7, 11) is 0. The molecule has 0 aliphatic rings. The molecule has 4 N–H and O–H groups in total. The van der Waals surface area contributed by atoms with Crippen LogP contribution in [0.4, 0.5) is 0 Å². The van der Waals surface area contributed by atoms with Gasteiger partial charge in [0.2, 0.25) is 0 Å². The highest BCUT2D eigenvalue weighted by Gasteiger charge is 1.98. The van der Waals surface area contributed by atoms with Gasteiger partial charge < -0.3 is 11.3 Å². The largest absolute Gasteiger partial charge is 0.481 e. The van der Waals surface area contributed by atoms with Gasteiger partial charge in [0.25, 0.3) is 0 Å². The number of carboxylic acids is 1. The molecule has 0 amide bonds. The van der Waals surface area contributed by atoms with E-state index in [1.165, 1.54) is 0 Å². The van der Waals surface area contributed by atoms with E-state index in [1.807, 2.05) is 0 Å². The first-order valence-corrected chi connectivity index (χ1v) is 2.51. The maximum Gasteiger partial charge on any atom is 0.303 e. The number of carboxylic acid groups (broad SMARTS) is 1. The lowest BCUT2D eigenvalue weighted by atomic mass is 10.3. The SMILES string of the molecule is N.O=C(O)CCC(=O)S. The molecule has 0 aromatic rings. The normalized spacial score (nSPS) is 7.67. The zero-order valence-electron chi connectivity index (χ0n) is 4.83. The van der Waals surface area contributed by atoms with Crippen molar-refractivity contribution in [1.82, 2.24) is 6.15 Å². The molecular weight excluding hydrogens is 142 g/mol. The van der Waals surface area contributed by atoms with Crippen molar-refractivity contribution >= 4 is 23.7 Å². The van der Waals surface area contributed by atoms with Crippen LogP contribution in [0.5, 0.6) is 0 Å². The van der Waals surface area contributed by atoms with Gasteiger partial charge in [-0.1, -0.05) is 0 Å². The van der Waals surface area contributed by atoms with Crippen molar-refractivity contribution in [3.05, 3.63) is 0 Å². The Morgan fingerprint density at radius 1 is 1.33 bits per heavy atom. The van der Waals surface area contributed by atoms with E-state index < -0.39 is 5.97 Å². The average molecular weight is 151 g/mol. The van der Waals surface area contributed by atoms with E-state index in [2.05, 4.69) is 12.6 Å². The number of thiol groups is 1. The van der Waals surface area contributed by atoms with E-state index in [-0.39, 0.29) is 24.1 Å². The van der Waals surface area contributed by atoms with Gasteiger partial charge in [-0.3, -0.25) is 9.59 Å². The number of hydrogen-bond donors (Lipinski definition) is 3. The minimum atomic E-state index is -0.965. The van der Waals surface area contributed by atoms with Crippen LogP contribution in [0.1, 0.15) is 12.8 Å². The topological polar surface area (TPSA) is 89.4 Å². The summed E-state index contributed by atoms with van der Waals surface area (Å²) in [5, 5.41) is 7.59. The van der Waals surface area contributed by atoms with Crippen LogP contribution in [-0.2, 0) is 9.59 Å².